The third-order valence-corrected chi connectivity index (χ3v) is 2.52. The summed E-state index contributed by atoms with van der Waals surface area (Å²) in [5.74, 6) is 0. The lowest BCUT2D eigenvalue weighted by Crippen LogP contribution is -1.98. The van der Waals surface area contributed by atoms with E-state index >= 15 is 0 Å². The molecule has 0 aliphatic rings. The number of aryl methyl sites for hydroxylation is 1. The summed E-state index contributed by atoms with van der Waals surface area (Å²) in [7, 11) is 0. The number of nitrogens with zero attached hydrogens (tertiary/aromatic N) is 3. The standard InChI is InChI=1S/C13H14N4/c1-2-17-10-12(9-16-17)8-15-13-5-3-11(7-14)4-6-13/h3-6,9-10,15H,2,8H2,1H3. The van der Waals surface area contributed by atoms with E-state index in [1.165, 1.54) is 0 Å². The number of anilines is 1. The number of nitrogens with one attached hydrogen (secondary N) is 1. The zero-order valence-electron chi connectivity index (χ0n) is 9.72. The van der Waals surface area contributed by atoms with Gasteiger partial charge in [0.05, 0.1) is 17.8 Å². The van der Waals surface area contributed by atoms with Gasteiger partial charge in [-0.2, -0.15) is 10.4 Å². The summed E-state index contributed by atoms with van der Waals surface area (Å²) in [6.45, 7) is 3.69. The highest BCUT2D eigenvalue weighted by atomic mass is 15.3. The molecule has 2 aromatic rings. The fraction of sp³-hybridized carbons (Fsp3) is 0.231. The molecule has 1 aromatic heterocycles. The van der Waals surface area contributed by atoms with Crippen LogP contribution in [0.1, 0.15) is 18.1 Å². The Morgan fingerprint density at radius 3 is 2.71 bits per heavy atom. The van der Waals surface area contributed by atoms with Gasteiger partial charge in [0.2, 0.25) is 0 Å². The van der Waals surface area contributed by atoms with Crippen LogP contribution in [0.3, 0.4) is 0 Å². The lowest BCUT2D eigenvalue weighted by Gasteiger charge is -2.04. The Labute approximate surface area is 100 Å². The second-order valence-corrected chi connectivity index (χ2v) is 3.75. The van der Waals surface area contributed by atoms with Crippen LogP contribution in [0.2, 0.25) is 0 Å². The van der Waals surface area contributed by atoms with Crippen LogP contribution in [0.15, 0.2) is 36.7 Å². The first-order chi connectivity index (χ1) is 8.31. The summed E-state index contributed by atoms with van der Waals surface area (Å²) in [6.07, 6.45) is 3.89. The first kappa shape index (κ1) is 11.2. The average Bonchev–Trinajstić information content (AvgIpc) is 2.85. The molecule has 0 amide bonds. The van der Waals surface area contributed by atoms with Crippen molar-refractivity contribution in [3.8, 4) is 6.07 Å². The molecule has 4 heteroatoms. The molecule has 1 heterocycles. The van der Waals surface area contributed by atoms with Gasteiger partial charge in [0, 0.05) is 30.5 Å². The molecule has 0 aliphatic carbocycles. The van der Waals surface area contributed by atoms with Crippen molar-refractivity contribution in [2.75, 3.05) is 5.32 Å². The summed E-state index contributed by atoms with van der Waals surface area (Å²) in [4.78, 5) is 0. The molecule has 2 rings (SSSR count). The van der Waals surface area contributed by atoms with Crippen LogP contribution >= 0.6 is 0 Å². The lowest BCUT2D eigenvalue weighted by atomic mass is 10.2. The van der Waals surface area contributed by atoms with E-state index in [9.17, 15) is 0 Å². The van der Waals surface area contributed by atoms with Crippen molar-refractivity contribution in [2.45, 2.75) is 20.0 Å². The van der Waals surface area contributed by atoms with Crippen molar-refractivity contribution in [3.05, 3.63) is 47.8 Å². The second-order valence-electron chi connectivity index (χ2n) is 3.75. The normalized spacial score (nSPS) is 9.88. The van der Waals surface area contributed by atoms with Gasteiger partial charge in [-0.15, -0.1) is 0 Å². The molecular weight excluding hydrogens is 212 g/mol. The van der Waals surface area contributed by atoms with Gasteiger partial charge in [0.15, 0.2) is 0 Å². The van der Waals surface area contributed by atoms with Gasteiger partial charge in [-0.05, 0) is 31.2 Å². The molecule has 4 nitrogen and oxygen atoms in total. The van der Waals surface area contributed by atoms with E-state index < -0.39 is 0 Å². The SMILES string of the molecule is CCn1cc(CNc2ccc(C#N)cc2)cn1. The number of hydrogen-bond acceptors (Lipinski definition) is 3. The first-order valence-corrected chi connectivity index (χ1v) is 5.57. The number of rotatable bonds is 4. The minimum atomic E-state index is 0.675. The molecule has 1 aromatic carbocycles. The lowest BCUT2D eigenvalue weighted by molar-refractivity contribution is 0.659. The van der Waals surface area contributed by atoms with Gasteiger partial charge < -0.3 is 5.32 Å². The summed E-state index contributed by atoms with van der Waals surface area (Å²) in [5.41, 5.74) is 2.83. The Balaban J connectivity index is 1.95. The summed E-state index contributed by atoms with van der Waals surface area (Å²) in [6, 6.07) is 9.52. The van der Waals surface area contributed by atoms with Crippen molar-refractivity contribution in [2.24, 2.45) is 0 Å². The van der Waals surface area contributed by atoms with Crippen LogP contribution in [0.4, 0.5) is 5.69 Å². The van der Waals surface area contributed by atoms with E-state index in [4.69, 9.17) is 5.26 Å². The van der Waals surface area contributed by atoms with Gasteiger partial charge >= 0.3 is 0 Å². The van der Waals surface area contributed by atoms with Gasteiger partial charge in [-0.3, -0.25) is 4.68 Å². The van der Waals surface area contributed by atoms with Crippen molar-refractivity contribution in [1.82, 2.24) is 9.78 Å². The molecule has 86 valence electrons. The third kappa shape index (κ3) is 2.85. The molecule has 0 spiro atoms. The van der Waals surface area contributed by atoms with Gasteiger partial charge in [0.1, 0.15) is 0 Å². The second kappa shape index (κ2) is 5.17. The van der Waals surface area contributed by atoms with Crippen LogP contribution in [-0.4, -0.2) is 9.78 Å². The number of nitriles is 1. The molecular formula is C13H14N4. The highest BCUT2D eigenvalue weighted by Gasteiger charge is 1.97. The monoisotopic (exact) mass is 226 g/mol. The van der Waals surface area contributed by atoms with Gasteiger partial charge in [0.25, 0.3) is 0 Å². The van der Waals surface area contributed by atoms with E-state index in [1.807, 2.05) is 29.2 Å². The van der Waals surface area contributed by atoms with Crippen molar-refractivity contribution < 1.29 is 0 Å². The molecule has 0 radical (unpaired) electrons. The van der Waals surface area contributed by atoms with E-state index in [2.05, 4.69) is 23.4 Å². The average molecular weight is 226 g/mol. The molecule has 0 saturated heterocycles. The highest BCUT2D eigenvalue weighted by Crippen LogP contribution is 2.10. The summed E-state index contributed by atoms with van der Waals surface area (Å²) >= 11 is 0. The fourth-order valence-electron chi connectivity index (χ4n) is 1.54. The largest absolute Gasteiger partial charge is 0.381 e. The van der Waals surface area contributed by atoms with E-state index in [0.29, 0.717) is 5.56 Å². The van der Waals surface area contributed by atoms with Crippen LogP contribution in [0.5, 0.6) is 0 Å². The Morgan fingerprint density at radius 2 is 2.12 bits per heavy atom. The number of benzene rings is 1. The molecule has 1 N–H and O–H groups in total. The number of aromatic nitrogens is 2. The molecule has 0 atom stereocenters. The van der Waals surface area contributed by atoms with E-state index in [0.717, 1.165) is 24.3 Å². The molecule has 17 heavy (non-hydrogen) atoms. The molecule has 0 bridgehead atoms. The third-order valence-electron chi connectivity index (χ3n) is 2.52. The smallest absolute Gasteiger partial charge is 0.0991 e. The Morgan fingerprint density at radius 1 is 1.35 bits per heavy atom. The van der Waals surface area contributed by atoms with Crippen molar-refractivity contribution in [1.29, 1.82) is 5.26 Å². The number of hydrogen-bond donors (Lipinski definition) is 1. The maximum atomic E-state index is 8.68. The molecule has 0 fully saturated rings. The van der Waals surface area contributed by atoms with Crippen LogP contribution in [0, 0.1) is 11.3 Å². The molecule has 0 saturated carbocycles. The Bertz CT molecular complexity index is 519. The van der Waals surface area contributed by atoms with Crippen LogP contribution in [0.25, 0.3) is 0 Å². The first-order valence-electron chi connectivity index (χ1n) is 5.57. The van der Waals surface area contributed by atoms with Crippen molar-refractivity contribution in [3.63, 3.8) is 0 Å². The zero-order chi connectivity index (χ0) is 12.1. The Kier molecular flexibility index (Phi) is 3.41. The summed E-state index contributed by atoms with van der Waals surface area (Å²) in [5, 5.41) is 16.2. The van der Waals surface area contributed by atoms with Crippen molar-refractivity contribution >= 4 is 5.69 Å². The predicted molar refractivity (Wildman–Crippen MR) is 66.4 cm³/mol. The maximum Gasteiger partial charge on any atom is 0.0991 e. The van der Waals surface area contributed by atoms with Crippen LogP contribution in [-0.2, 0) is 13.1 Å². The highest BCUT2D eigenvalue weighted by molar-refractivity contribution is 5.47. The molecule has 0 unspecified atom stereocenters. The minimum absolute atomic E-state index is 0.675. The van der Waals surface area contributed by atoms with Gasteiger partial charge in [-0.25, -0.2) is 0 Å². The summed E-state index contributed by atoms with van der Waals surface area (Å²) < 4.78 is 1.90. The quantitative estimate of drug-likeness (QED) is 0.870. The van der Waals surface area contributed by atoms with Gasteiger partial charge in [-0.1, -0.05) is 0 Å². The maximum absolute atomic E-state index is 8.68. The minimum Gasteiger partial charge on any atom is -0.381 e. The van der Waals surface area contributed by atoms with E-state index in [-0.39, 0.29) is 0 Å². The van der Waals surface area contributed by atoms with Crippen LogP contribution < -0.4 is 5.32 Å². The zero-order valence-corrected chi connectivity index (χ0v) is 9.72. The topological polar surface area (TPSA) is 53.6 Å². The fourth-order valence-corrected chi connectivity index (χ4v) is 1.54. The Hall–Kier alpha value is -2.28. The van der Waals surface area contributed by atoms with E-state index in [1.54, 1.807) is 12.1 Å². The predicted octanol–water partition coefficient (Wildman–Crippen LogP) is 2.39. The molecule has 0 aliphatic heterocycles.